The maximum atomic E-state index is 11.6. The van der Waals surface area contributed by atoms with Crippen LogP contribution < -0.4 is 5.73 Å². The standard InChI is InChI=1S/C18H27NO/c1-14-6-4-10-17(12-14,13-19)18(20)11-5-8-15-7-2-3-9-16(15)18/h2-3,7,9,14,20H,4-6,8,10-13,19H2,1H3. The molecule has 3 rings (SSSR count). The number of hydrogen-bond donors (Lipinski definition) is 2. The van der Waals surface area contributed by atoms with E-state index in [2.05, 4.69) is 31.2 Å². The lowest BCUT2D eigenvalue weighted by molar-refractivity contribution is -0.125. The summed E-state index contributed by atoms with van der Waals surface area (Å²) in [5, 5.41) is 11.6. The molecule has 0 heterocycles. The molecule has 2 nitrogen and oxygen atoms in total. The van der Waals surface area contributed by atoms with Gasteiger partial charge < -0.3 is 10.8 Å². The van der Waals surface area contributed by atoms with Gasteiger partial charge in [-0.1, -0.05) is 44.0 Å². The summed E-state index contributed by atoms with van der Waals surface area (Å²) in [7, 11) is 0. The van der Waals surface area contributed by atoms with Crippen molar-refractivity contribution in [2.75, 3.05) is 6.54 Å². The van der Waals surface area contributed by atoms with E-state index in [1.54, 1.807) is 0 Å². The third kappa shape index (κ3) is 2.01. The van der Waals surface area contributed by atoms with Crippen LogP contribution in [0.15, 0.2) is 24.3 Å². The van der Waals surface area contributed by atoms with E-state index in [-0.39, 0.29) is 5.41 Å². The Morgan fingerprint density at radius 1 is 1.25 bits per heavy atom. The van der Waals surface area contributed by atoms with Crippen molar-refractivity contribution < 1.29 is 5.11 Å². The fourth-order valence-corrected chi connectivity index (χ4v) is 4.75. The van der Waals surface area contributed by atoms with Crippen molar-refractivity contribution in [1.82, 2.24) is 0 Å². The Hall–Kier alpha value is -0.860. The van der Waals surface area contributed by atoms with Crippen molar-refractivity contribution in [3.63, 3.8) is 0 Å². The van der Waals surface area contributed by atoms with Crippen LogP contribution in [-0.4, -0.2) is 11.7 Å². The molecule has 3 atom stereocenters. The molecule has 0 aromatic heterocycles. The molecule has 0 bridgehead atoms. The zero-order chi connectivity index (χ0) is 14.2. The molecule has 1 fully saturated rings. The predicted molar refractivity (Wildman–Crippen MR) is 82.4 cm³/mol. The Kier molecular flexibility index (Phi) is 3.64. The van der Waals surface area contributed by atoms with Crippen LogP contribution in [0.25, 0.3) is 0 Å². The SMILES string of the molecule is CC1CCCC(CN)(C2(O)CCCc3ccccc32)C1. The Bertz CT molecular complexity index is 486. The maximum absolute atomic E-state index is 11.6. The predicted octanol–water partition coefficient (Wildman–Crippen LogP) is 3.37. The van der Waals surface area contributed by atoms with E-state index in [0.29, 0.717) is 12.5 Å². The first kappa shape index (κ1) is 14.1. The summed E-state index contributed by atoms with van der Waals surface area (Å²) in [5.74, 6) is 0.672. The highest BCUT2D eigenvalue weighted by atomic mass is 16.3. The third-order valence-corrected chi connectivity index (χ3v) is 5.81. The number of aliphatic hydroxyl groups is 1. The summed E-state index contributed by atoms with van der Waals surface area (Å²) in [6.45, 7) is 2.91. The van der Waals surface area contributed by atoms with Crippen molar-refractivity contribution in [2.24, 2.45) is 17.1 Å². The summed E-state index contributed by atoms with van der Waals surface area (Å²) in [6.07, 6.45) is 7.64. The number of hydrogen-bond acceptors (Lipinski definition) is 2. The zero-order valence-electron chi connectivity index (χ0n) is 12.6. The molecule has 2 heteroatoms. The zero-order valence-corrected chi connectivity index (χ0v) is 12.6. The molecular weight excluding hydrogens is 246 g/mol. The summed E-state index contributed by atoms with van der Waals surface area (Å²) in [4.78, 5) is 0. The molecule has 0 spiro atoms. The van der Waals surface area contributed by atoms with E-state index in [9.17, 15) is 5.11 Å². The van der Waals surface area contributed by atoms with Gasteiger partial charge in [0.05, 0.1) is 5.60 Å². The van der Waals surface area contributed by atoms with Crippen LogP contribution in [0.5, 0.6) is 0 Å². The summed E-state index contributed by atoms with van der Waals surface area (Å²) in [5.41, 5.74) is 7.86. The minimum atomic E-state index is -0.717. The lowest BCUT2D eigenvalue weighted by Gasteiger charge is -2.53. The number of benzene rings is 1. The Morgan fingerprint density at radius 3 is 2.80 bits per heavy atom. The van der Waals surface area contributed by atoms with Crippen LogP contribution in [0.3, 0.4) is 0 Å². The van der Waals surface area contributed by atoms with E-state index in [1.807, 2.05) is 0 Å². The van der Waals surface area contributed by atoms with Gasteiger partial charge in [-0.2, -0.15) is 0 Å². The van der Waals surface area contributed by atoms with E-state index >= 15 is 0 Å². The highest BCUT2D eigenvalue weighted by molar-refractivity contribution is 5.37. The fourth-order valence-electron chi connectivity index (χ4n) is 4.75. The van der Waals surface area contributed by atoms with Gasteiger partial charge in [0.1, 0.15) is 0 Å². The Morgan fingerprint density at radius 2 is 2.05 bits per heavy atom. The molecule has 1 aromatic carbocycles. The molecule has 3 unspecified atom stereocenters. The Balaban J connectivity index is 2.07. The lowest BCUT2D eigenvalue weighted by Crippen LogP contribution is -2.54. The molecule has 0 aliphatic heterocycles. The maximum Gasteiger partial charge on any atom is 0.0967 e. The Labute approximate surface area is 122 Å². The van der Waals surface area contributed by atoms with Crippen molar-refractivity contribution in [3.8, 4) is 0 Å². The van der Waals surface area contributed by atoms with Gasteiger partial charge in [-0.05, 0) is 49.1 Å². The molecule has 0 amide bonds. The smallest absolute Gasteiger partial charge is 0.0967 e. The molecular formula is C18H27NO. The van der Waals surface area contributed by atoms with Gasteiger partial charge in [-0.3, -0.25) is 0 Å². The molecule has 3 N–H and O–H groups in total. The quantitative estimate of drug-likeness (QED) is 0.868. The van der Waals surface area contributed by atoms with E-state index in [0.717, 1.165) is 37.7 Å². The average Bonchev–Trinajstić information content (AvgIpc) is 2.47. The number of nitrogens with two attached hydrogens (primary N) is 1. The monoisotopic (exact) mass is 273 g/mol. The highest BCUT2D eigenvalue weighted by Crippen LogP contribution is 2.55. The first-order valence-electron chi connectivity index (χ1n) is 8.12. The first-order valence-corrected chi connectivity index (χ1v) is 8.12. The summed E-state index contributed by atoms with van der Waals surface area (Å²) < 4.78 is 0. The molecule has 20 heavy (non-hydrogen) atoms. The van der Waals surface area contributed by atoms with Crippen LogP contribution in [-0.2, 0) is 12.0 Å². The molecule has 1 saturated carbocycles. The lowest BCUT2D eigenvalue weighted by atomic mass is 9.55. The largest absolute Gasteiger partial charge is 0.385 e. The van der Waals surface area contributed by atoms with E-state index in [4.69, 9.17) is 5.73 Å². The van der Waals surface area contributed by atoms with Gasteiger partial charge in [-0.15, -0.1) is 0 Å². The van der Waals surface area contributed by atoms with Crippen LogP contribution in [0.2, 0.25) is 0 Å². The molecule has 2 aliphatic rings. The third-order valence-electron chi connectivity index (χ3n) is 5.81. The second-order valence-corrected chi connectivity index (χ2v) is 7.06. The highest BCUT2D eigenvalue weighted by Gasteiger charge is 2.53. The van der Waals surface area contributed by atoms with Gasteiger partial charge in [0, 0.05) is 12.0 Å². The molecule has 0 saturated heterocycles. The first-order chi connectivity index (χ1) is 9.61. The fraction of sp³-hybridized carbons (Fsp3) is 0.667. The molecule has 1 aromatic rings. The number of rotatable bonds is 2. The minimum Gasteiger partial charge on any atom is -0.385 e. The van der Waals surface area contributed by atoms with Crippen LogP contribution >= 0.6 is 0 Å². The van der Waals surface area contributed by atoms with Crippen LogP contribution in [0.4, 0.5) is 0 Å². The second-order valence-electron chi connectivity index (χ2n) is 7.06. The van der Waals surface area contributed by atoms with E-state index in [1.165, 1.54) is 18.4 Å². The number of aryl methyl sites for hydroxylation is 1. The van der Waals surface area contributed by atoms with E-state index < -0.39 is 5.60 Å². The van der Waals surface area contributed by atoms with Gasteiger partial charge in [0.15, 0.2) is 0 Å². The molecule has 110 valence electrons. The van der Waals surface area contributed by atoms with Gasteiger partial charge >= 0.3 is 0 Å². The number of fused-ring (bicyclic) bond motifs is 1. The van der Waals surface area contributed by atoms with Crippen molar-refractivity contribution in [1.29, 1.82) is 0 Å². The topological polar surface area (TPSA) is 46.2 Å². The minimum absolute atomic E-state index is 0.124. The van der Waals surface area contributed by atoms with Crippen LogP contribution in [0, 0.1) is 11.3 Å². The van der Waals surface area contributed by atoms with Crippen molar-refractivity contribution >= 4 is 0 Å². The van der Waals surface area contributed by atoms with Gasteiger partial charge in [-0.25, -0.2) is 0 Å². The molecule has 0 radical (unpaired) electrons. The molecule has 2 aliphatic carbocycles. The van der Waals surface area contributed by atoms with Crippen molar-refractivity contribution in [2.45, 2.75) is 57.5 Å². The normalized spacial score (nSPS) is 37.5. The average molecular weight is 273 g/mol. The van der Waals surface area contributed by atoms with Crippen molar-refractivity contribution in [3.05, 3.63) is 35.4 Å². The summed E-state index contributed by atoms with van der Waals surface area (Å²) >= 11 is 0. The van der Waals surface area contributed by atoms with Gasteiger partial charge in [0.25, 0.3) is 0 Å². The van der Waals surface area contributed by atoms with Crippen LogP contribution in [0.1, 0.15) is 56.6 Å². The summed E-state index contributed by atoms with van der Waals surface area (Å²) in [6, 6.07) is 8.45. The second kappa shape index (κ2) is 5.16. The van der Waals surface area contributed by atoms with Gasteiger partial charge in [0.2, 0.25) is 0 Å².